The molecule has 1 aromatic heterocycles. The summed E-state index contributed by atoms with van der Waals surface area (Å²) < 4.78 is 2.23. The zero-order chi connectivity index (χ0) is 22.1. The van der Waals surface area contributed by atoms with Gasteiger partial charge in [0.15, 0.2) is 0 Å². The summed E-state index contributed by atoms with van der Waals surface area (Å²) in [6, 6.07) is 16.8. The van der Waals surface area contributed by atoms with E-state index in [1.807, 2.05) is 0 Å². The molecule has 1 unspecified atom stereocenters. The molecule has 8 nitrogen and oxygen atoms in total. The number of aromatic nitrogens is 1. The molecular formula is C22H29N3O5. The first-order chi connectivity index (χ1) is 14.3. The molecule has 0 bridgehead atoms. The Morgan fingerprint density at radius 3 is 1.93 bits per heavy atom. The minimum atomic E-state index is -1.82. The van der Waals surface area contributed by atoms with E-state index in [1.54, 1.807) is 0 Å². The zero-order valence-corrected chi connectivity index (χ0v) is 17.3. The van der Waals surface area contributed by atoms with Gasteiger partial charge in [0.05, 0.1) is 12.6 Å². The quantitative estimate of drug-likeness (QED) is 0.328. The number of aliphatic hydroxyl groups is 1. The van der Waals surface area contributed by atoms with Crippen LogP contribution in [0.4, 0.5) is 0 Å². The highest BCUT2D eigenvalue weighted by Gasteiger charge is 2.12. The predicted octanol–water partition coefficient (Wildman–Crippen LogP) is 1.85. The van der Waals surface area contributed by atoms with Crippen LogP contribution >= 0.6 is 0 Å². The maximum atomic E-state index is 10.5. The van der Waals surface area contributed by atoms with Crippen LogP contribution in [0.1, 0.15) is 6.42 Å². The fourth-order valence-electron chi connectivity index (χ4n) is 3.26. The van der Waals surface area contributed by atoms with Gasteiger partial charge in [-0.25, -0.2) is 9.59 Å². The van der Waals surface area contributed by atoms with E-state index in [2.05, 4.69) is 77.4 Å². The Bertz CT molecular complexity index is 918. The fourth-order valence-corrected chi connectivity index (χ4v) is 3.26. The van der Waals surface area contributed by atoms with Crippen LogP contribution in [-0.4, -0.2) is 76.6 Å². The van der Waals surface area contributed by atoms with Crippen molar-refractivity contribution in [3.8, 4) is 0 Å². The van der Waals surface area contributed by atoms with Crippen LogP contribution in [-0.2, 0) is 16.1 Å². The molecule has 1 heterocycles. The lowest BCUT2D eigenvalue weighted by molar-refractivity contribution is -0.159. The minimum Gasteiger partial charge on any atom is -0.473 e. The van der Waals surface area contributed by atoms with Crippen molar-refractivity contribution in [1.82, 2.24) is 14.8 Å². The molecule has 4 N–H and O–H groups in total. The lowest BCUT2D eigenvalue weighted by Crippen LogP contribution is -2.31. The Balaban J connectivity index is 0.000000469. The Kier molecular flexibility index (Phi) is 8.79. The van der Waals surface area contributed by atoms with Crippen molar-refractivity contribution in [2.45, 2.75) is 19.1 Å². The SMILES string of the molecule is CN(C)CCCNCC(O)Cn1c2ccccc2c2ccccc21.O=C(O)C(=O)O. The van der Waals surface area contributed by atoms with Crippen LogP contribution in [0.25, 0.3) is 21.8 Å². The molecule has 0 amide bonds. The smallest absolute Gasteiger partial charge is 0.414 e. The second kappa shape index (κ2) is 11.3. The lowest BCUT2D eigenvalue weighted by atomic mass is 10.2. The van der Waals surface area contributed by atoms with Crippen LogP contribution < -0.4 is 5.32 Å². The van der Waals surface area contributed by atoms with Crippen LogP contribution in [0.15, 0.2) is 48.5 Å². The highest BCUT2D eigenvalue weighted by atomic mass is 16.4. The van der Waals surface area contributed by atoms with Gasteiger partial charge in [-0.05, 0) is 45.7 Å². The lowest BCUT2D eigenvalue weighted by Gasteiger charge is -2.15. The van der Waals surface area contributed by atoms with Gasteiger partial charge in [-0.3, -0.25) is 0 Å². The van der Waals surface area contributed by atoms with E-state index in [9.17, 15) is 5.11 Å². The van der Waals surface area contributed by atoms with Crippen molar-refractivity contribution in [2.75, 3.05) is 33.7 Å². The summed E-state index contributed by atoms with van der Waals surface area (Å²) in [7, 11) is 4.16. The Labute approximate surface area is 175 Å². The molecule has 0 radical (unpaired) electrons. The third kappa shape index (κ3) is 6.55. The Morgan fingerprint density at radius 1 is 0.967 bits per heavy atom. The number of carboxylic acid groups (broad SMARTS) is 2. The van der Waals surface area contributed by atoms with E-state index < -0.39 is 18.0 Å². The van der Waals surface area contributed by atoms with Crippen molar-refractivity contribution in [2.24, 2.45) is 0 Å². The molecule has 30 heavy (non-hydrogen) atoms. The van der Waals surface area contributed by atoms with Crippen molar-refractivity contribution in [3.05, 3.63) is 48.5 Å². The summed E-state index contributed by atoms with van der Waals surface area (Å²) in [5.74, 6) is -3.65. The van der Waals surface area contributed by atoms with Gasteiger partial charge in [-0.2, -0.15) is 0 Å². The van der Waals surface area contributed by atoms with Gasteiger partial charge in [-0.1, -0.05) is 36.4 Å². The second-order valence-electron chi connectivity index (χ2n) is 7.27. The number of nitrogens with zero attached hydrogens (tertiary/aromatic N) is 2. The normalized spacial score (nSPS) is 12.0. The third-order valence-corrected chi connectivity index (χ3v) is 4.59. The number of benzene rings is 2. The number of hydrogen-bond donors (Lipinski definition) is 4. The topological polar surface area (TPSA) is 115 Å². The summed E-state index contributed by atoms with van der Waals surface area (Å²) in [4.78, 5) is 20.4. The summed E-state index contributed by atoms with van der Waals surface area (Å²) in [5, 5.41) is 31.1. The van der Waals surface area contributed by atoms with Crippen LogP contribution in [0, 0.1) is 0 Å². The number of aliphatic hydroxyl groups excluding tert-OH is 1. The highest BCUT2D eigenvalue weighted by molar-refractivity contribution is 6.27. The third-order valence-electron chi connectivity index (χ3n) is 4.59. The molecule has 1 atom stereocenters. The van der Waals surface area contributed by atoms with Gasteiger partial charge in [0.1, 0.15) is 0 Å². The van der Waals surface area contributed by atoms with E-state index in [4.69, 9.17) is 19.8 Å². The van der Waals surface area contributed by atoms with Crippen LogP contribution in [0.2, 0.25) is 0 Å². The van der Waals surface area contributed by atoms with Crippen LogP contribution in [0.5, 0.6) is 0 Å². The summed E-state index contributed by atoms with van der Waals surface area (Å²) in [6.07, 6.45) is 0.693. The molecule has 0 aliphatic heterocycles. The van der Waals surface area contributed by atoms with Crippen molar-refractivity contribution >= 4 is 33.7 Å². The van der Waals surface area contributed by atoms with E-state index in [0.29, 0.717) is 13.1 Å². The van der Waals surface area contributed by atoms with E-state index in [-0.39, 0.29) is 0 Å². The maximum absolute atomic E-state index is 10.5. The van der Waals surface area contributed by atoms with E-state index in [1.165, 1.54) is 21.8 Å². The number of para-hydroxylation sites is 2. The number of carbonyl (C=O) groups is 2. The number of carboxylic acids is 2. The summed E-state index contributed by atoms with van der Waals surface area (Å²) >= 11 is 0. The molecular weight excluding hydrogens is 386 g/mol. The minimum absolute atomic E-state index is 0.399. The summed E-state index contributed by atoms with van der Waals surface area (Å²) in [6.45, 7) is 3.22. The van der Waals surface area contributed by atoms with E-state index in [0.717, 1.165) is 19.5 Å². The molecule has 3 aromatic rings. The molecule has 0 spiro atoms. The maximum Gasteiger partial charge on any atom is 0.414 e. The van der Waals surface area contributed by atoms with Gasteiger partial charge in [0, 0.05) is 28.4 Å². The molecule has 162 valence electrons. The predicted molar refractivity (Wildman–Crippen MR) is 117 cm³/mol. The van der Waals surface area contributed by atoms with Crippen molar-refractivity contribution in [3.63, 3.8) is 0 Å². The number of fused-ring (bicyclic) bond motifs is 3. The van der Waals surface area contributed by atoms with Crippen molar-refractivity contribution in [1.29, 1.82) is 0 Å². The first-order valence-electron chi connectivity index (χ1n) is 9.77. The molecule has 0 fully saturated rings. The van der Waals surface area contributed by atoms with Crippen molar-refractivity contribution < 1.29 is 24.9 Å². The summed E-state index contributed by atoms with van der Waals surface area (Å²) in [5.41, 5.74) is 2.37. The molecule has 0 saturated carbocycles. The number of rotatable bonds is 8. The van der Waals surface area contributed by atoms with Gasteiger partial charge < -0.3 is 30.1 Å². The van der Waals surface area contributed by atoms with Gasteiger partial charge in [0.2, 0.25) is 0 Å². The molecule has 0 aliphatic carbocycles. The molecule has 2 aromatic carbocycles. The second-order valence-corrected chi connectivity index (χ2v) is 7.27. The first-order valence-corrected chi connectivity index (χ1v) is 9.77. The van der Waals surface area contributed by atoms with Gasteiger partial charge in [-0.15, -0.1) is 0 Å². The van der Waals surface area contributed by atoms with Gasteiger partial charge >= 0.3 is 11.9 Å². The Hall–Kier alpha value is -2.94. The first kappa shape index (κ1) is 23.3. The molecule has 0 aliphatic rings. The Morgan fingerprint density at radius 2 is 1.47 bits per heavy atom. The molecule has 8 heteroatoms. The number of aliphatic carboxylic acids is 2. The molecule has 0 saturated heterocycles. The number of nitrogens with one attached hydrogen (secondary N) is 1. The monoisotopic (exact) mass is 415 g/mol. The van der Waals surface area contributed by atoms with Crippen LogP contribution in [0.3, 0.4) is 0 Å². The number of hydrogen-bond acceptors (Lipinski definition) is 5. The average molecular weight is 415 g/mol. The zero-order valence-electron chi connectivity index (χ0n) is 17.3. The highest BCUT2D eigenvalue weighted by Crippen LogP contribution is 2.28. The van der Waals surface area contributed by atoms with Gasteiger partial charge in [0.25, 0.3) is 0 Å². The standard InChI is InChI=1S/C20H27N3O.C2H2O4/c1-22(2)13-7-12-21-14-16(24)15-23-19-10-5-3-8-17(19)18-9-4-6-11-20(18)23;3-1(4)2(5)6/h3-6,8-11,16,21,24H,7,12-15H2,1-2H3;(H,3,4)(H,5,6). The fraction of sp³-hybridized carbons (Fsp3) is 0.364. The largest absolute Gasteiger partial charge is 0.473 e. The average Bonchev–Trinajstić information content (AvgIpc) is 3.02. The molecule has 3 rings (SSSR count). The van der Waals surface area contributed by atoms with E-state index >= 15 is 0 Å².